The summed E-state index contributed by atoms with van der Waals surface area (Å²) in [6, 6.07) is 14.3. The predicted molar refractivity (Wildman–Crippen MR) is 111 cm³/mol. The molecule has 1 aromatic heterocycles. The van der Waals surface area contributed by atoms with Crippen LogP contribution in [0.4, 0.5) is 11.5 Å². The van der Waals surface area contributed by atoms with Crippen LogP contribution in [0.3, 0.4) is 0 Å². The Morgan fingerprint density at radius 1 is 1.13 bits per heavy atom. The molecule has 0 saturated heterocycles. The Bertz CT molecular complexity index is 1260. The van der Waals surface area contributed by atoms with E-state index in [4.69, 9.17) is 17.3 Å². The van der Waals surface area contributed by atoms with E-state index in [0.29, 0.717) is 27.3 Å². The van der Waals surface area contributed by atoms with Crippen LogP contribution in [0.1, 0.15) is 21.5 Å². The summed E-state index contributed by atoms with van der Waals surface area (Å²) in [6.07, 6.45) is 0.481. The van der Waals surface area contributed by atoms with Gasteiger partial charge in [0.1, 0.15) is 28.5 Å². The van der Waals surface area contributed by atoms with Crippen molar-refractivity contribution in [3.8, 4) is 23.3 Å². The van der Waals surface area contributed by atoms with Crippen molar-refractivity contribution in [3.05, 3.63) is 74.3 Å². The topological polar surface area (TPSA) is 147 Å². The number of aromatic nitrogens is 1. The quantitative estimate of drug-likeness (QED) is 0.347. The molecule has 2 N–H and O–H groups in total. The first-order chi connectivity index (χ1) is 14.4. The van der Waals surface area contributed by atoms with E-state index in [0.717, 1.165) is 17.8 Å². The average Bonchev–Trinajstić information content (AvgIpc) is 2.74. The Hall–Kier alpha value is -3.92. The smallest absolute Gasteiger partial charge is 0.270 e. The number of aldehydes is 1. The third-order valence-corrected chi connectivity index (χ3v) is 5.42. The molecule has 0 spiro atoms. The summed E-state index contributed by atoms with van der Waals surface area (Å²) < 4.78 is 0. The molecular weight excluding hydrogens is 426 g/mol. The fourth-order valence-electron chi connectivity index (χ4n) is 2.72. The number of carbonyl (C=O) groups excluding carboxylic acids is 1. The van der Waals surface area contributed by atoms with Gasteiger partial charge in [-0.15, -0.1) is 0 Å². The summed E-state index contributed by atoms with van der Waals surface area (Å²) in [7, 11) is 0. The van der Waals surface area contributed by atoms with Crippen LogP contribution in [0.25, 0.3) is 11.1 Å². The molecule has 10 heteroatoms. The van der Waals surface area contributed by atoms with Crippen LogP contribution in [0.5, 0.6) is 0 Å². The average molecular weight is 436 g/mol. The van der Waals surface area contributed by atoms with E-state index in [9.17, 15) is 25.4 Å². The molecule has 0 amide bonds. The second kappa shape index (κ2) is 8.62. The van der Waals surface area contributed by atoms with Crippen molar-refractivity contribution >= 4 is 41.2 Å². The molecular formula is C20H10ClN5O3S. The molecule has 0 radical (unpaired) electrons. The standard InChI is InChI=1S/C20H10ClN5O3S/c21-13-3-1-11(2-4-13)18-15(8-22)19(24)25-20(16(18)9-23)30-17-6-5-14(26(28)29)7-12(17)10-27/h1-7,10H,(H2,24,25). The van der Waals surface area contributed by atoms with Crippen LogP contribution >= 0.6 is 23.4 Å². The number of anilines is 1. The van der Waals surface area contributed by atoms with E-state index in [2.05, 4.69) is 4.98 Å². The molecule has 0 saturated carbocycles. The maximum atomic E-state index is 11.4. The van der Waals surface area contributed by atoms with Gasteiger partial charge in [0.2, 0.25) is 0 Å². The van der Waals surface area contributed by atoms with Crippen molar-refractivity contribution in [3.63, 3.8) is 0 Å². The summed E-state index contributed by atoms with van der Waals surface area (Å²) in [4.78, 5) is 26.3. The summed E-state index contributed by atoms with van der Waals surface area (Å²) >= 11 is 6.89. The number of nitrogens with two attached hydrogens (primary N) is 1. The number of halogens is 1. The third kappa shape index (κ3) is 3.94. The van der Waals surface area contributed by atoms with E-state index >= 15 is 0 Å². The monoisotopic (exact) mass is 435 g/mol. The molecule has 0 unspecified atom stereocenters. The Morgan fingerprint density at radius 2 is 1.80 bits per heavy atom. The van der Waals surface area contributed by atoms with Crippen molar-refractivity contribution in [1.29, 1.82) is 10.5 Å². The molecule has 3 aromatic rings. The third-order valence-electron chi connectivity index (χ3n) is 4.09. The molecule has 0 aliphatic rings. The van der Waals surface area contributed by atoms with Crippen molar-refractivity contribution in [1.82, 2.24) is 4.98 Å². The SMILES string of the molecule is N#Cc1c(N)nc(Sc2ccc([N+](=O)[O-])cc2C=O)c(C#N)c1-c1ccc(Cl)cc1. The number of nitrogen functional groups attached to an aromatic ring is 1. The lowest BCUT2D eigenvalue weighted by molar-refractivity contribution is -0.384. The summed E-state index contributed by atoms with van der Waals surface area (Å²) in [5.74, 6) is -0.0847. The Morgan fingerprint density at radius 3 is 2.37 bits per heavy atom. The van der Waals surface area contributed by atoms with Gasteiger partial charge in [-0.2, -0.15) is 10.5 Å². The molecule has 3 rings (SSSR count). The molecule has 2 aromatic carbocycles. The Balaban J connectivity index is 2.21. The van der Waals surface area contributed by atoms with Gasteiger partial charge in [0.15, 0.2) is 6.29 Å². The van der Waals surface area contributed by atoms with E-state index in [1.54, 1.807) is 24.3 Å². The van der Waals surface area contributed by atoms with Crippen LogP contribution in [-0.4, -0.2) is 16.2 Å². The lowest BCUT2D eigenvalue weighted by Gasteiger charge is -2.13. The van der Waals surface area contributed by atoms with Crippen LogP contribution in [0.15, 0.2) is 52.4 Å². The molecule has 146 valence electrons. The number of hydrogen-bond acceptors (Lipinski definition) is 8. The number of pyridine rings is 1. The number of nitro groups is 1. The maximum Gasteiger partial charge on any atom is 0.270 e. The first kappa shape index (κ1) is 20.8. The maximum absolute atomic E-state index is 11.4. The zero-order valence-corrected chi connectivity index (χ0v) is 16.6. The molecule has 30 heavy (non-hydrogen) atoms. The van der Waals surface area contributed by atoms with Crippen LogP contribution < -0.4 is 5.73 Å². The number of nitriles is 2. The number of hydrogen-bond donors (Lipinski definition) is 1. The summed E-state index contributed by atoms with van der Waals surface area (Å²) in [5, 5.41) is 31.0. The lowest BCUT2D eigenvalue weighted by atomic mass is 9.97. The Kier molecular flexibility index (Phi) is 5.98. The fraction of sp³-hybridized carbons (Fsp3) is 0. The van der Waals surface area contributed by atoms with E-state index in [1.807, 2.05) is 12.1 Å². The van der Waals surface area contributed by atoms with Gasteiger partial charge in [0.05, 0.1) is 10.5 Å². The highest BCUT2D eigenvalue weighted by molar-refractivity contribution is 7.99. The molecule has 0 bridgehead atoms. The van der Waals surface area contributed by atoms with Crippen LogP contribution in [0.2, 0.25) is 5.02 Å². The minimum absolute atomic E-state index is 0.0394. The van der Waals surface area contributed by atoms with E-state index < -0.39 is 4.92 Å². The molecule has 0 aliphatic carbocycles. The first-order valence-electron chi connectivity index (χ1n) is 8.20. The minimum Gasteiger partial charge on any atom is -0.383 e. The summed E-state index contributed by atoms with van der Waals surface area (Å²) in [6.45, 7) is 0. The fourth-order valence-corrected chi connectivity index (χ4v) is 3.80. The van der Waals surface area contributed by atoms with Gasteiger partial charge >= 0.3 is 0 Å². The second-order valence-electron chi connectivity index (χ2n) is 5.86. The highest BCUT2D eigenvalue weighted by Crippen LogP contribution is 2.39. The number of rotatable bonds is 5. The summed E-state index contributed by atoms with van der Waals surface area (Å²) in [5.41, 5.74) is 6.76. The number of nitrogens with zero attached hydrogens (tertiary/aromatic N) is 4. The molecule has 0 fully saturated rings. The lowest BCUT2D eigenvalue weighted by Crippen LogP contribution is -2.03. The highest BCUT2D eigenvalue weighted by Gasteiger charge is 2.22. The molecule has 0 atom stereocenters. The van der Waals surface area contributed by atoms with E-state index in [-0.39, 0.29) is 33.2 Å². The van der Waals surface area contributed by atoms with Gasteiger partial charge in [-0.3, -0.25) is 14.9 Å². The number of carbonyl (C=O) groups is 1. The molecule has 1 heterocycles. The zero-order chi connectivity index (χ0) is 21.8. The largest absolute Gasteiger partial charge is 0.383 e. The van der Waals surface area contributed by atoms with Gasteiger partial charge in [-0.05, 0) is 23.8 Å². The number of benzene rings is 2. The van der Waals surface area contributed by atoms with Crippen LogP contribution in [0, 0.1) is 32.8 Å². The minimum atomic E-state index is -0.612. The van der Waals surface area contributed by atoms with E-state index in [1.165, 1.54) is 12.1 Å². The highest BCUT2D eigenvalue weighted by atomic mass is 35.5. The number of nitro benzene ring substituents is 1. The second-order valence-corrected chi connectivity index (χ2v) is 7.32. The van der Waals surface area contributed by atoms with Gasteiger partial charge in [-0.25, -0.2) is 4.98 Å². The van der Waals surface area contributed by atoms with Gasteiger partial charge < -0.3 is 5.73 Å². The first-order valence-corrected chi connectivity index (χ1v) is 9.40. The van der Waals surface area contributed by atoms with Gasteiger partial charge in [-0.1, -0.05) is 35.5 Å². The zero-order valence-electron chi connectivity index (χ0n) is 15.0. The molecule has 0 aliphatic heterocycles. The van der Waals surface area contributed by atoms with Gasteiger partial charge in [0, 0.05) is 33.2 Å². The number of non-ortho nitro benzene ring substituents is 1. The Labute approximate surface area is 179 Å². The van der Waals surface area contributed by atoms with Crippen molar-refractivity contribution in [2.24, 2.45) is 0 Å². The molecule has 8 nitrogen and oxygen atoms in total. The van der Waals surface area contributed by atoms with Crippen molar-refractivity contribution in [2.75, 3.05) is 5.73 Å². The predicted octanol–water partition coefficient (Wildman–Crippen LogP) is 4.60. The normalized spacial score (nSPS) is 10.1. The van der Waals surface area contributed by atoms with Crippen LogP contribution in [-0.2, 0) is 0 Å². The van der Waals surface area contributed by atoms with Gasteiger partial charge in [0.25, 0.3) is 5.69 Å². The van der Waals surface area contributed by atoms with Crippen molar-refractivity contribution in [2.45, 2.75) is 9.92 Å². The van der Waals surface area contributed by atoms with Crippen molar-refractivity contribution < 1.29 is 9.72 Å².